The Morgan fingerprint density at radius 2 is 1.72 bits per heavy atom. The van der Waals surface area contributed by atoms with Gasteiger partial charge in [-0.25, -0.2) is 0 Å². The number of esters is 1. The number of allylic oxidation sites excluding steroid dienone is 2. The van der Waals surface area contributed by atoms with E-state index in [9.17, 15) is 9.59 Å². The maximum Gasteiger partial charge on any atom is 0.304 e. The molecule has 3 nitrogen and oxygen atoms in total. The molecule has 0 spiro atoms. The summed E-state index contributed by atoms with van der Waals surface area (Å²) in [7, 11) is 0. The van der Waals surface area contributed by atoms with Crippen LogP contribution in [0.15, 0.2) is 53.0 Å². The Morgan fingerprint density at radius 3 is 2.22 bits per heavy atom. The smallest absolute Gasteiger partial charge is 0.304 e. The van der Waals surface area contributed by atoms with Crippen molar-refractivity contribution >= 4 is 27.7 Å². The molecule has 92 valence electrons. The van der Waals surface area contributed by atoms with Gasteiger partial charge >= 0.3 is 5.97 Å². The molecule has 0 saturated heterocycles. The number of carbonyl (C=O) groups excluding carboxylic acids is 2. The molecule has 1 aliphatic rings. The summed E-state index contributed by atoms with van der Waals surface area (Å²) in [4.78, 5) is 22.5. The van der Waals surface area contributed by atoms with E-state index in [0.29, 0.717) is 0 Å². The molecule has 2 rings (SSSR count). The van der Waals surface area contributed by atoms with Crippen molar-refractivity contribution in [3.05, 3.63) is 58.6 Å². The van der Waals surface area contributed by atoms with Crippen molar-refractivity contribution in [2.75, 3.05) is 0 Å². The number of carbonyl (C=O) groups is 2. The second kappa shape index (κ2) is 4.90. The summed E-state index contributed by atoms with van der Waals surface area (Å²) in [5.41, 5.74) is -0.193. The molecule has 0 bridgehead atoms. The molecule has 4 heteroatoms. The molecule has 0 N–H and O–H groups in total. The van der Waals surface area contributed by atoms with E-state index in [-0.39, 0.29) is 5.78 Å². The first kappa shape index (κ1) is 12.8. The van der Waals surface area contributed by atoms with Gasteiger partial charge in [-0.1, -0.05) is 28.1 Å². The van der Waals surface area contributed by atoms with Crippen LogP contribution in [-0.4, -0.2) is 11.8 Å². The van der Waals surface area contributed by atoms with Gasteiger partial charge < -0.3 is 4.74 Å². The molecule has 0 fully saturated rings. The van der Waals surface area contributed by atoms with Crippen molar-refractivity contribution in [2.24, 2.45) is 0 Å². The van der Waals surface area contributed by atoms with Gasteiger partial charge in [0.1, 0.15) is 0 Å². The Bertz CT molecular complexity index is 525. The monoisotopic (exact) mass is 306 g/mol. The van der Waals surface area contributed by atoms with Crippen LogP contribution in [0.2, 0.25) is 0 Å². The summed E-state index contributed by atoms with van der Waals surface area (Å²) in [5, 5.41) is 0. The van der Waals surface area contributed by atoms with Crippen LogP contribution in [0.5, 0.6) is 0 Å². The van der Waals surface area contributed by atoms with E-state index >= 15 is 0 Å². The number of hydrogen-bond acceptors (Lipinski definition) is 3. The minimum Gasteiger partial charge on any atom is -0.446 e. The van der Waals surface area contributed by atoms with Crippen molar-refractivity contribution in [2.45, 2.75) is 12.5 Å². The minimum atomic E-state index is -0.986. The number of ketones is 1. The summed E-state index contributed by atoms with van der Waals surface area (Å²) >= 11 is 3.35. The number of benzene rings is 1. The molecule has 0 unspecified atom stereocenters. The quantitative estimate of drug-likeness (QED) is 0.789. The highest BCUT2D eigenvalue weighted by atomic mass is 79.9. The topological polar surface area (TPSA) is 43.4 Å². The van der Waals surface area contributed by atoms with Crippen molar-refractivity contribution in [1.29, 1.82) is 0 Å². The van der Waals surface area contributed by atoms with Gasteiger partial charge in [-0.15, -0.1) is 0 Å². The lowest BCUT2D eigenvalue weighted by molar-refractivity contribution is -0.149. The molecule has 1 aliphatic carbocycles. The molecule has 1 aromatic rings. The normalized spacial score (nSPS) is 16.7. The third kappa shape index (κ3) is 2.59. The van der Waals surface area contributed by atoms with Crippen LogP contribution in [0, 0.1) is 0 Å². The first-order chi connectivity index (χ1) is 8.52. The fraction of sp³-hybridized carbons (Fsp3) is 0.143. The molecule has 0 aliphatic heterocycles. The van der Waals surface area contributed by atoms with Crippen LogP contribution in [0.4, 0.5) is 0 Å². The summed E-state index contributed by atoms with van der Waals surface area (Å²) in [6.07, 6.45) is 6.01. The highest BCUT2D eigenvalue weighted by Gasteiger charge is 2.32. The second-order valence-electron chi connectivity index (χ2n) is 3.96. The largest absolute Gasteiger partial charge is 0.446 e. The first-order valence-corrected chi connectivity index (χ1v) is 6.19. The van der Waals surface area contributed by atoms with Gasteiger partial charge in [-0.2, -0.15) is 0 Å². The van der Waals surface area contributed by atoms with Gasteiger partial charge in [-0.3, -0.25) is 9.59 Å². The molecule has 0 amide bonds. The fourth-order valence-electron chi connectivity index (χ4n) is 1.79. The predicted octanol–water partition coefficient (Wildman–Crippen LogP) is 2.90. The zero-order chi connectivity index (χ0) is 13.2. The van der Waals surface area contributed by atoms with Crippen LogP contribution in [-0.2, 0) is 19.9 Å². The summed E-state index contributed by atoms with van der Waals surface area (Å²) < 4.78 is 6.31. The Labute approximate surface area is 113 Å². The number of ether oxygens (including phenoxy) is 1. The van der Waals surface area contributed by atoms with Crippen LogP contribution < -0.4 is 0 Å². The number of halogens is 1. The van der Waals surface area contributed by atoms with Crippen LogP contribution in [0.1, 0.15) is 12.5 Å². The zero-order valence-electron chi connectivity index (χ0n) is 9.72. The Hall–Kier alpha value is -1.68. The van der Waals surface area contributed by atoms with Gasteiger partial charge in [0.05, 0.1) is 0 Å². The number of rotatable bonds is 2. The van der Waals surface area contributed by atoms with Gasteiger partial charge in [0.15, 0.2) is 11.4 Å². The fourth-order valence-corrected chi connectivity index (χ4v) is 2.05. The average molecular weight is 307 g/mol. The van der Waals surface area contributed by atoms with Gasteiger partial charge in [0.25, 0.3) is 0 Å². The third-order valence-corrected chi connectivity index (χ3v) is 3.13. The molecule has 0 atom stereocenters. The van der Waals surface area contributed by atoms with E-state index in [1.807, 2.05) is 24.3 Å². The molecule has 0 radical (unpaired) electrons. The molecule has 0 saturated carbocycles. The van der Waals surface area contributed by atoms with E-state index < -0.39 is 11.6 Å². The Balaban J connectivity index is 2.46. The lowest BCUT2D eigenvalue weighted by Gasteiger charge is -2.29. The first-order valence-electron chi connectivity index (χ1n) is 5.40. The minimum absolute atomic E-state index is 0.116. The lowest BCUT2D eigenvalue weighted by Crippen LogP contribution is -2.29. The zero-order valence-corrected chi connectivity index (χ0v) is 11.3. The molecular formula is C14H11BrO3. The summed E-state index contributed by atoms with van der Waals surface area (Å²) in [5.74, 6) is -0.517. The SMILES string of the molecule is CC(=O)OC1(c2ccc(Br)cc2)C=CC(=O)C=C1. The predicted molar refractivity (Wildman–Crippen MR) is 70.9 cm³/mol. The van der Waals surface area contributed by atoms with Gasteiger partial charge in [0.2, 0.25) is 0 Å². The summed E-state index contributed by atoms with van der Waals surface area (Å²) in [6, 6.07) is 7.41. The second-order valence-corrected chi connectivity index (χ2v) is 4.88. The van der Waals surface area contributed by atoms with E-state index in [0.717, 1.165) is 10.0 Å². The molecule has 1 aromatic carbocycles. The van der Waals surface area contributed by atoms with E-state index in [4.69, 9.17) is 4.74 Å². The molecule has 0 aromatic heterocycles. The highest BCUT2D eigenvalue weighted by molar-refractivity contribution is 9.10. The molecular weight excluding hydrogens is 296 g/mol. The van der Waals surface area contributed by atoms with Crippen LogP contribution in [0.25, 0.3) is 0 Å². The average Bonchev–Trinajstić information content (AvgIpc) is 2.33. The standard InChI is InChI=1S/C14H11BrO3/c1-10(16)18-14(8-6-13(17)7-9-14)11-2-4-12(15)5-3-11/h2-9H,1H3. The van der Waals surface area contributed by atoms with Crippen molar-refractivity contribution < 1.29 is 14.3 Å². The Kier molecular flexibility index (Phi) is 3.48. The van der Waals surface area contributed by atoms with Gasteiger partial charge in [0, 0.05) is 17.0 Å². The number of hydrogen-bond donors (Lipinski definition) is 0. The maximum absolute atomic E-state index is 11.3. The van der Waals surface area contributed by atoms with E-state index in [1.54, 1.807) is 12.2 Å². The maximum atomic E-state index is 11.3. The lowest BCUT2D eigenvalue weighted by atomic mass is 9.89. The van der Waals surface area contributed by atoms with Crippen LogP contribution in [0.3, 0.4) is 0 Å². The van der Waals surface area contributed by atoms with E-state index in [2.05, 4.69) is 15.9 Å². The van der Waals surface area contributed by atoms with Crippen molar-refractivity contribution in [3.63, 3.8) is 0 Å². The van der Waals surface area contributed by atoms with Gasteiger partial charge in [-0.05, 0) is 36.4 Å². The van der Waals surface area contributed by atoms with E-state index in [1.165, 1.54) is 19.1 Å². The van der Waals surface area contributed by atoms with Crippen molar-refractivity contribution in [3.8, 4) is 0 Å². The molecule has 0 heterocycles. The van der Waals surface area contributed by atoms with Crippen LogP contribution >= 0.6 is 15.9 Å². The summed E-state index contributed by atoms with van der Waals surface area (Å²) in [6.45, 7) is 1.35. The van der Waals surface area contributed by atoms with Crippen molar-refractivity contribution in [1.82, 2.24) is 0 Å². The third-order valence-electron chi connectivity index (χ3n) is 2.60. The Morgan fingerprint density at radius 1 is 1.17 bits per heavy atom. The molecule has 18 heavy (non-hydrogen) atoms. The highest BCUT2D eigenvalue weighted by Crippen LogP contribution is 2.32.